The maximum atomic E-state index is 5.39. The van der Waals surface area contributed by atoms with E-state index in [9.17, 15) is 0 Å². The summed E-state index contributed by atoms with van der Waals surface area (Å²) in [6, 6.07) is 15.6. The van der Waals surface area contributed by atoms with Crippen molar-refractivity contribution in [2.24, 2.45) is 0 Å². The van der Waals surface area contributed by atoms with Crippen molar-refractivity contribution in [2.75, 3.05) is 5.32 Å². The summed E-state index contributed by atoms with van der Waals surface area (Å²) in [5.41, 5.74) is 3.89. The monoisotopic (exact) mass is 289 g/mol. The van der Waals surface area contributed by atoms with Gasteiger partial charge < -0.3 is 9.84 Å². The second-order valence-corrected chi connectivity index (χ2v) is 4.96. The number of nitrogens with one attached hydrogen (secondary N) is 1. The molecule has 1 aromatic heterocycles. The molecule has 108 valence electrons. The fourth-order valence-corrected chi connectivity index (χ4v) is 2.04. The van der Waals surface area contributed by atoms with Crippen molar-refractivity contribution in [1.82, 2.24) is 10.1 Å². The van der Waals surface area contributed by atoms with E-state index in [-0.39, 0.29) is 0 Å². The molecule has 0 aliphatic rings. The molecule has 1 N–H and O–H groups in total. The predicted molar refractivity (Wildman–Crippen MR) is 86.2 cm³/mol. The Morgan fingerprint density at radius 2 is 2.00 bits per heavy atom. The number of aromatic nitrogens is 2. The van der Waals surface area contributed by atoms with Crippen LogP contribution in [-0.4, -0.2) is 10.1 Å². The molecule has 3 aromatic rings. The van der Waals surface area contributed by atoms with Gasteiger partial charge in [0.25, 0.3) is 0 Å². The number of rotatable bonds is 4. The Morgan fingerprint density at radius 3 is 2.77 bits per heavy atom. The van der Waals surface area contributed by atoms with E-state index in [0.717, 1.165) is 16.8 Å². The van der Waals surface area contributed by atoms with Crippen LogP contribution in [0.1, 0.15) is 17.0 Å². The number of nitrogens with zero attached hydrogens (tertiary/aromatic N) is 2. The van der Waals surface area contributed by atoms with E-state index in [1.807, 2.05) is 55.5 Å². The molecule has 0 spiro atoms. The van der Waals surface area contributed by atoms with Crippen molar-refractivity contribution in [1.29, 1.82) is 0 Å². The first-order chi connectivity index (χ1) is 10.7. The van der Waals surface area contributed by atoms with Crippen molar-refractivity contribution < 1.29 is 4.52 Å². The summed E-state index contributed by atoms with van der Waals surface area (Å²) in [5, 5.41) is 7.22. The Morgan fingerprint density at radius 1 is 1.18 bits per heavy atom. The van der Waals surface area contributed by atoms with Crippen LogP contribution < -0.4 is 5.32 Å². The van der Waals surface area contributed by atoms with Gasteiger partial charge in [-0.15, -0.1) is 6.42 Å². The number of terminal acetylenes is 1. The number of benzene rings is 2. The Balaban J connectivity index is 1.69. The number of aryl methyl sites for hydroxylation is 1. The molecule has 4 heteroatoms. The van der Waals surface area contributed by atoms with Crippen LogP contribution in [0.3, 0.4) is 0 Å². The first-order valence-corrected chi connectivity index (χ1v) is 6.95. The maximum absolute atomic E-state index is 5.39. The van der Waals surface area contributed by atoms with E-state index >= 15 is 0 Å². The molecule has 0 unspecified atom stereocenters. The Labute approximate surface area is 129 Å². The van der Waals surface area contributed by atoms with Gasteiger partial charge in [0.2, 0.25) is 11.7 Å². The minimum Gasteiger partial charge on any atom is -0.376 e. The molecule has 1 heterocycles. The lowest BCUT2D eigenvalue weighted by molar-refractivity contribution is 0.384. The minimum atomic E-state index is 0.451. The average Bonchev–Trinajstić information content (AvgIpc) is 3.03. The topological polar surface area (TPSA) is 51.0 Å². The Hall–Kier alpha value is -3.06. The highest BCUT2D eigenvalue weighted by atomic mass is 16.5. The van der Waals surface area contributed by atoms with Gasteiger partial charge in [0.15, 0.2) is 0 Å². The van der Waals surface area contributed by atoms with E-state index in [1.54, 1.807) is 0 Å². The molecule has 0 aliphatic heterocycles. The molecule has 0 saturated heterocycles. The molecule has 0 atom stereocenters. The number of anilines is 1. The number of hydrogen-bond donors (Lipinski definition) is 1. The van der Waals surface area contributed by atoms with Crippen molar-refractivity contribution >= 4 is 5.69 Å². The second kappa shape index (κ2) is 6.15. The Kier molecular flexibility index (Phi) is 3.88. The van der Waals surface area contributed by atoms with E-state index in [4.69, 9.17) is 10.9 Å². The smallest absolute Gasteiger partial charge is 0.246 e. The molecule has 4 nitrogen and oxygen atoms in total. The van der Waals surface area contributed by atoms with Crippen LogP contribution in [0.15, 0.2) is 53.1 Å². The van der Waals surface area contributed by atoms with Crippen molar-refractivity contribution in [3.8, 4) is 23.7 Å². The van der Waals surface area contributed by atoms with Gasteiger partial charge in [0.1, 0.15) is 0 Å². The number of hydrogen-bond acceptors (Lipinski definition) is 4. The summed E-state index contributed by atoms with van der Waals surface area (Å²) in [5.74, 6) is 3.73. The van der Waals surface area contributed by atoms with Crippen LogP contribution in [0.4, 0.5) is 5.69 Å². The minimum absolute atomic E-state index is 0.451. The summed E-state index contributed by atoms with van der Waals surface area (Å²) in [6.45, 7) is 2.49. The molecule has 2 aromatic carbocycles. The van der Waals surface area contributed by atoms with Crippen LogP contribution in [0.25, 0.3) is 11.4 Å². The highest BCUT2D eigenvalue weighted by Gasteiger charge is 2.08. The molecule has 0 saturated carbocycles. The summed E-state index contributed by atoms with van der Waals surface area (Å²) in [4.78, 5) is 4.39. The van der Waals surface area contributed by atoms with E-state index in [1.165, 1.54) is 5.56 Å². The zero-order valence-corrected chi connectivity index (χ0v) is 12.2. The van der Waals surface area contributed by atoms with E-state index in [2.05, 4.69) is 21.4 Å². The first kappa shape index (κ1) is 13.9. The van der Waals surface area contributed by atoms with Crippen LogP contribution in [0.5, 0.6) is 0 Å². The van der Waals surface area contributed by atoms with Crippen molar-refractivity contribution in [2.45, 2.75) is 13.5 Å². The molecule has 3 rings (SSSR count). The molecule has 0 bridgehead atoms. The average molecular weight is 289 g/mol. The zero-order chi connectivity index (χ0) is 15.4. The standard InChI is InChI=1S/C18H15N3O/c1-3-14-5-4-6-16(11-14)19-12-17-20-18(21-22-17)15-9-7-13(2)8-10-15/h1,4-11,19H,12H2,2H3. The van der Waals surface area contributed by atoms with Gasteiger partial charge in [-0.1, -0.05) is 47.0 Å². The van der Waals surface area contributed by atoms with Crippen molar-refractivity contribution in [3.63, 3.8) is 0 Å². The molecule has 0 amide bonds. The lowest BCUT2D eigenvalue weighted by atomic mass is 10.1. The predicted octanol–water partition coefficient (Wildman–Crippen LogP) is 3.64. The van der Waals surface area contributed by atoms with Gasteiger partial charge in [-0.3, -0.25) is 0 Å². The quantitative estimate of drug-likeness (QED) is 0.745. The molecular weight excluding hydrogens is 274 g/mol. The third-order valence-corrected chi connectivity index (χ3v) is 3.25. The Bertz CT molecular complexity index is 813. The van der Waals surface area contributed by atoms with Gasteiger partial charge >= 0.3 is 0 Å². The van der Waals surface area contributed by atoms with Gasteiger partial charge in [0.05, 0.1) is 6.54 Å². The molecule has 0 radical (unpaired) electrons. The largest absolute Gasteiger partial charge is 0.376 e. The van der Waals surface area contributed by atoms with Gasteiger partial charge in [0, 0.05) is 16.8 Å². The van der Waals surface area contributed by atoms with E-state index in [0.29, 0.717) is 18.3 Å². The normalized spacial score (nSPS) is 10.2. The van der Waals surface area contributed by atoms with Crippen LogP contribution in [0, 0.1) is 19.3 Å². The molecule has 0 fully saturated rings. The lowest BCUT2D eigenvalue weighted by Crippen LogP contribution is -1.99. The fourth-order valence-electron chi connectivity index (χ4n) is 2.04. The zero-order valence-electron chi connectivity index (χ0n) is 12.2. The third kappa shape index (κ3) is 3.15. The van der Waals surface area contributed by atoms with Crippen molar-refractivity contribution in [3.05, 3.63) is 65.5 Å². The summed E-state index contributed by atoms with van der Waals surface area (Å²) in [6.07, 6.45) is 5.39. The summed E-state index contributed by atoms with van der Waals surface area (Å²) in [7, 11) is 0. The van der Waals surface area contributed by atoms with Crippen LogP contribution in [-0.2, 0) is 6.54 Å². The SMILES string of the molecule is C#Cc1cccc(NCc2nc(-c3ccc(C)cc3)no2)c1. The van der Waals surface area contributed by atoms with Crippen LogP contribution >= 0.6 is 0 Å². The van der Waals surface area contributed by atoms with Gasteiger partial charge in [-0.05, 0) is 25.1 Å². The summed E-state index contributed by atoms with van der Waals surface area (Å²) >= 11 is 0. The van der Waals surface area contributed by atoms with Gasteiger partial charge in [-0.25, -0.2) is 0 Å². The van der Waals surface area contributed by atoms with Crippen LogP contribution in [0.2, 0.25) is 0 Å². The highest BCUT2D eigenvalue weighted by Crippen LogP contribution is 2.17. The third-order valence-electron chi connectivity index (χ3n) is 3.25. The molecule has 22 heavy (non-hydrogen) atoms. The maximum Gasteiger partial charge on any atom is 0.246 e. The lowest BCUT2D eigenvalue weighted by Gasteiger charge is -2.03. The molecule has 0 aliphatic carbocycles. The molecular formula is C18H15N3O. The second-order valence-electron chi connectivity index (χ2n) is 4.96. The van der Waals surface area contributed by atoms with Gasteiger partial charge in [-0.2, -0.15) is 4.98 Å². The first-order valence-electron chi connectivity index (χ1n) is 6.95. The fraction of sp³-hybridized carbons (Fsp3) is 0.111. The highest BCUT2D eigenvalue weighted by molar-refractivity contribution is 5.54. The summed E-state index contributed by atoms with van der Waals surface area (Å²) < 4.78 is 5.26. The van der Waals surface area contributed by atoms with E-state index < -0.39 is 0 Å².